The fraction of sp³-hybridized carbons (Fsp3) is 0.474. The van der Waals surface area contributed by atoms with Crippen molar-refractivity contribution in [1.82, 2.24) is 0 Å². The van der Waals surface area contributed by atoms with E-state index < -0.39 is 11.6 Å². The van der Waals surface area contributed by atoms with Crippen LogP contribution in [-0.4, -0.2) is 22.1 Å². The van der Waals surface area contributed by atoms with Crippen LogP contribution in [0.3, 0.4) is 0 Å². The first kappa shape index (κ1) is 32.4. The molecule has 0 unspecified atom stereocenters. The Labute approximate surface area is 267 Å². The summed E-state index contributed by atoms with van der Waals surface area (Å²) in [5, 5.41) is 23.1. The van der Waals surface area contributed by atoms with Crippen LogP contribution in [0, 0.1) is 0 Å². The summed E-state index contributed by atoms with van der Waals surface area (Å²) >= 11 is 0. The molecule has 45 heavy (non-hydrogen) atoms. The minimum atomic E-state index is -1.31. The molecule has 2 heterocycles. The third-order valence-corrected chi connectivity index (χ3v) is 9.06. The molecule has 2 aliphatic rings. The highest BCUT2D eigenvalue weighted by molar-refractivity contribution is 5.99. The summed E-state index contributed by atoms with van der Waals surface area (Å²) < 4.78 is 12.1. The molecule has 0 aromatic heterocycles. The van der Waals surface area contributed by atoms with Crippen molar-refractivity contribution in [2.45, 2.75) is 115 Å². The van der Waals surface area contributed by atoms with E-state index in [0.717, 1.165) is 19.3 Å². The second-order valence-electron chi connectivity index (χ2n) is 12.5. The van der Waals surface area contributed by atoms with Gasteiger partial charge in [0.15, 0.2) is 5.60 Å². The summed E-state index contributed by atoms with van der Waals surface area (Å²) in [6.45, 7) is 2.26. The van der Waals surface area contributed by atoms with Gasteiger partial charge in [-0.05, 0) is 42.8 Å². The summed E-state index contributed by atoms with van der Waals surface area (Å²) in [6.07, 6.45) is 19.6. The van der Waals surface area contributed by atoms with Crippen molar-refractivity contribution >= 4 is 17.6 Å². The third-order valence-electron chi connectivity index (χ3n) is 9.06. The van der Waals surface area contributed by atoms with Gasteiger partial charge in [0.25, 0.3) is 0 Å². The maximum Gasteiger partial charge on any atom is 0.340 e. The van der Waals surface area contributed by atoms with Gasteiger partial charge < -0.3 is 25.0 Å². The van der Waals surface area contributed by atoms with E-state index in [2.05, 4.69) is 12.2 Å². The highest BCUT2D eigenvalue weighted by atomic mass is 16.6. The van der Waals surface area contributed by atoms with E-state index in [1.165, 1.54) is 101 Å². The van der Waals surface area contributed by atoms with Crippen molar-refractivity contribution < 1.29 is 29.3 Å². The molecule has 0 aliphatic carbocycles. The van der Waals surface area contributed by atoms with Crippen LogP contribution >= 0.6 is 0 Å². The fourth-order valence-corrected chi connectivity index (χ4v) is 6.66. The van der Waals surface area contributed by atoms with Gasteiger partial charge in [0, 0.05) is 40.9 Å². The summed E-state index contributed by atoms with van der Waals surface area (Å²) in [4.78, 5) is 26.0. The van der Waals surface area contributed by atoms with Crippen molar-refractivity contribution in [2.75, 3.05) is 5.32 Å². The van der Waals surface area contributed by atoms with Crippen LogP contribution in [0.5, 0.6) is 23.0 Å². The Morgan fingerprint density at radius 2 is 1.16 bits per heavy atom. The number of anilines is 1. The SMILES string of the molecule is CCCCCCCCCCCCCCCCCC(=O)Nc1ccc2c(c1)C(=O)OC21c2ccc(O)cc2Oc2cc(O)ccc21. The van der Waals surface area contributed by atoms with Crippen LogP contribution < -0.4 is 10.1 Å². The number of unbranched alkanes of at least 4 members (excludes halogenated alkanes) is 14. The highest BCUT2D eigenvalue weighted by Crippen LogP contribution is 2.57. The van der Waals surface area contributed by atoms with E-state index in [0.29, 0.717) is 45.9 Å². The third kappa shape index (κ3) is 7.63. The number of aromatic hydroxyl groups is 2. The van der Waals surface area contributed by atoms with E-state index in [4.69, 9.17) is 9.47 Å². The number of amides is 1. The predicted octanol–water partition coefficient (Wildman–Crippen LogP) is 9.87. The maximum absolute atomic E-state index is 13.3. The number of carbonyl (C=O) groups is 2. The lowest BCUT2D eigenvalue weighted by atomic mass is 9.77. The molecule has 5 rings (SSSR count). The number of hydrogen-bond donors (Lipinski definition) is 3. The number of hydrogen-bond acceptors (Lipinski definition) is 6. The normalized spacial score (nSPS) is 13.9. The van der Waals surface area contributed by atoms with Gasteiger partial charge in [-0.15, -0.1) is 0 Å². The van der Waals surface area contributed by atoms with Crippen LogP contribution in [-0.2, 0) is 15.1 Å². The van der Waals surface area contributed by atoms with Gasteiger partial charge in [-0.25, -0.2) is 4.79 Å². The summed E-state index contributed by atoms with van der Waals surface area (Å²) in [5.74, 6) is 0.0690. The summed E-state index contributed by atoms with van der Waals surface area (Å²) in [7, 11) is 0. The molecule has 1 amide bonds. The number of phenols is 2. The van der Waals surface area contributed by atoms with Crippen molar-refractivity contribution in [3.63, 3.8) is 0 Å². The Morgan fingerprint density at radius 3 is 1.69 bits per heavy atom. The van der Waals surface area contributed by atoms with E-state index in [-0.39, 0.29) is 17.4 Å². The van der Waals surface area contributed by atoms with E-state index in [1.54, 1.807) is 30.3 Å². The number of benzene rings is 3. The molecule has 2 aliphatic heterocycles. The molecule has 0 saturated carbocycles. The topological polar surface area (TPSA) is 105 Å². The molecule has 3 aromatic carbocycles. The summed E-state index contributed by atoms with van der Waals surface area (Å²) in [6, 6.07) is 14.6. The lowest BCUT2D eigenvalue weighted by Crippen LogP contribution is -2.32. The number of nitrogens with one attached hydrogen (secondary N) is 1. The molecular weight excluding hydrogens is 566 g/mol. The molecule has 0 atom stereocenters. The fourth-order valence-electron chi connectivity index (χ4n) is 6.66. The van der Waals surface area contributed by atoms with Gasteiger partial charge in [-0.1, -0.05) is 103 Å². The summed E-state index contributed by atoms with van der Waals surface area (Å²) in [5.41, 5.74) is 1.31. The molecule has 1 spiro atoms. The zero-order chi connectivity index (χ0) is 31.6. The number of phenolic OH excluding ortho intramolecular Hbond substituents is 2. The molecule has 0 bridgehead atoms. The zero-order valence-corrected chi connectivity index (χ0v) is 26.5. The van der Waals surface area contributed by atoms with Crippen LogP contribution in [0.15, 0.2) is 54.6 Å². The van der Waals surface area contributed by atoms with Gasteiger partial charge in [-0.3, -0.25) is 4.79 Å². The molecular formula is C38H47NO6. The Morgan fingerprint density at radius 1 is 0.667 bits per heavy atom. The van der Waals surface area contributed by atoms with Crippen molar-refractivity contribution in [1.29, 1.82) is 0 Å². The Bertz CT molecular complexity index is 1430. The van der Waals surface area contributed by atoms with Gasteiger partial charge in [0.2, 0.25) is 5.91 Å². The molecule has 7 heteroatoms. The van der Waals surface area contributed by atoms with E-state index >= 15 is 0 Å². The highest BCUT2D eigenvalue weighted by Gasteiger charge is 2.53. The standard InChI is InChI=1S/C38H47NO6/c1-2-3-4-5-6-7-8-9-10-11-12-13-14-15-16-17-36(42)39-27-18-21-31-30(24-27)37(43)45-38(31)32-22-19-28(40)25-34(32)44-35-26-29(41)20-23-33(35)38/h18-26,40-41H,2-17H2,1H3,(H,39,42). The largest absolute Gasteiger partial charge is 0.508 e. The zero-order valence-electron chi connectivity index (χ0n) is 26.5. The van der Waals surface area contributed by atoms with Crippen molar-refractivity contribution in [3.05, 3.63) is 76.9 Å². The number of esters is 1. The number of fused-ring (bicyclic) bond motifs is 6. The maximum atomic E-state index is 13.3. The molecule has 7 nitrogen and oxygen atoms in total. The molecule has 3 aromatic rings. The molecule has 3 N–H and O–H groups in total. The first-order chi connectivity index (χ1) is 21.9. The minimum Gasteiger partial charge on any atom is -0.508 e. The Balaban J connectivity index is 1.09. The van der Waals surface area contributed by atoms with Crippen molar-refractivity contribution in [2.24, 2.45) is 0 Å². The number of carbonyl (C=O) groups excluding carboxylic acids is 2. The lowest BCUT2D eigenvalue weighted by Gasteiger charge is -2.36. The van der Waals surface area contributed by atoms with Gasteiger partial charge in [0.05, 0.1) is 5.56 Å². The monoisotopic (exact) mass is 613 g/mol. The average Bonchev–Trinajstić information content (AvgIpc) is 3.30. The van der Waals surface area contributed by atoms with Crippen LogP contribution in [0.2, 0.25) is 0 Å². The number of ether oxygens (including phenoxy) is 2. The van der Waals surface area contributed by atoms with Gasteiger partial charge in [0.1, 0.15) is 23.0 Å². The molecule has 0 radical (unpaired) electrons. The first-order valence-corrected chi connectivity index (χ1v) is 16.9. The molecule has 240 valence electrons. The van der Waals surface area contributed by atoms with Crippen molar-refractivity contribution in [3.8, 4) is 23.0 Å². The second kappa shape index (κ2) is 15.3. The molecule has 0 fully saturated rings. The van der Waals surface area contributed by atoms with Gasteiger partial charge >= 0.3 is 5.97 Å². The van der Waals surface area contributed by atoms with Gasteiger partial charge in [-0.2, -0.15) is 0 Å². The van der Waals surface area contributed by atoms with Crippen LogP contribution in [0.25, 0.3) is 0 Å². The lowest BCUT2D eigenvalue weighted by molar-refractivity contribution is -0.116. The Kier molecular flexibility index (Phi) is 11.0. The Hall–Kier alpha value is -4.00. The van der Waals surface area contributed by atoms with Crippen LogP contribution in [0.1, 0.15) is 137 Å². The van der Waals surface area contributed by atoms with E-state index in [9.17, 15) is 19.8 Å². The van der Waals surface area contributed by atoms with E-state index in [1.807, 2.05) is 0 Å². The predicted molar refractivity (Wildman–Crippen MR) is 176 cm³/mol. The molecule has 0 saturated heterocycles. The smallest absolute Gasteiger partial charge is 0.340 e. The first-order valence-electron chi connectivity index (χ1n) is 16.9. The minimum absolute atomic E-state index is 0.00388. The quantitative estimate of drug-likeness (QED) is 0.103. The average molecular weight is 614 g/mol. The second-order valence-corrected chi connectivity index (χ2v) is 12.5. The van der Waals surface area contributed by atoms with Crippen LogP contribution in [0.4, 0.5) is 5.69 Å². The number of rotatable bonds is 17.